The van der Waals surface area contributed by atoms with Gasteiger partial charge in [0.05, 0.1) is 35.6 Å². The summed E-state index contributed by atoms with van der Waals surface area (Å²) < 4.78 is 0. The van der Waals surface area contributed by atoms with Crippen LogP contribution in [0.3, 0.4) is 0 Å². The van der Waals surface area contributed by atoms with E-state index in [4.69, 9.17) is 0 Å². The second-order valence-corrected chi connectivity index (χ2v) is 11.1. The molecule has 1 fully saturated rings. The minimum atomic E-state index is 0.146. The van der Waals surface area contributed by atoms with Crippen molar-refractivity contribution in [3.8, 4) is 0 Å². The summed E-state index contributed by atoms with van der Waals surface area (Å²) in [6, 6.07) is 24.0. The lowest BCUT2D eigenvalue weighted by atomic mass is 9.78. The van der Waals surface area contributed by atoms with Crippen LogP contribution in [0.5, 0.6) is 0 Å². The molecule has 0 amide bonds. The van der Waals surface area contributed by atoms with Crippen LogP contribution >= 0.6 is 0 Å². The summed E-state index contributed by atoms with van der Waals surface area (Å²) in [5.74, 6) is 0.904. The van der Waals surface area contributed by atoms with Gasteiger partial charge < -0.3 is 0 Å². The number of aryl methyl sites for hydroxylation is 2. The monoisotopic (exact) mass is 532 g/mol. The highest BCUT2D eigenvalue weighted by molar-refractivity contribution is 5.83. The van der Waals surface area contributed by atoms with E-state index in [0.29, 0.717) is 48.9 Å². The maximum absolute atomic E-state index is 12.6. The van der Waals surface area contributed by atoms with Gasteiger partial charge in [0.1, 0.15) is 11.6 Å². The van der Waals surface area contributed by atoms with Gasteiger partial charge in [0.2, 0.25) is 0 Å². The fourth-order valence-electron chi connectivity index (χ4n) is 5.66. The van der Waals surface area contributed by atoms with Gasteiger partial charge in [-0.15, -0.1) is 0 Å². The van der Waals surface area contributed by atoms with Gasteiger partial charge in [-0.1, -0.05) is 55.0 Å². The van der Waals surface area contributed by atoms with E-state index in [-0.39, 0.29) is 11.6 Å². The molecule has 2 aromatic carbocycles. The standard InChI is InChI=1S/C34H36N4O2/c1-23-8-3-5-10-25(23)19-31(39)21-29-14-16-33(37-35-29)27-12-7-13-28(18-27)34-17-15-30(36-38-34)22-32(40)20-26-11-6-4-9-24(26)2/h3-6,8-11,14-17,27-28H,7,12-13,18-22H2,1-2H3/t27-,28-/m0/s1. The number of aromatic nitrogens is 4. The summed E-state index contributed by atoms with van der Waals surface area (Å²) in [5, 5.41) is 17.8. The van der Waals surface area contributed by atoms with Crippen molar-refractivity contribution in [3.63, 3.8) is 0 Å². The van der Waals surface area contributed by atoms with Gasteiger partial charge in [0, 0.05) is 24.7 Å². The van der Waals surface area contributed by atoms with Crippen LogP contribution in [0.2, 0.25) is 0 Å². The van der Waals surface area contributed by atoms with Gasteiger partial charge in [0.15, 0.2) is 0 Å². The van der Waals surface area contributed by atoms with Crippen molar-refractivity contribution in [2.24, 2.45) is 0 Å². The molecule has 2 atom stereocenters. The van der Waals surface area contributed by atoms with Crippen molar-refractivity contribution in [1.82, 2.24) is 20.4 Å². The minimum absolute atomic E-state index is 0.146. The molecular weight excluding hydrogens is 496 g/mol. The van der Waals surface area contributed by atoms with E-state index in [2.05, 4.69) is 20.4 Å². The predicted octanol–water partition coefficient (Wildman–Crippen LogP) is 6.03. The van der Waals surface area contributed by atoms with Crippen molar-refractivity contribution < 1.29 is 9.59 Å². The van der Waals surface area contributed by atoms with Crippen LogP contribution in [0.4, 0.5) is 0 Å². The van der Waals surface area contributed by atoms with Crippen LogP contribution in [-0.2, 0) is 35.3 Å². The number of rotatable bonds is 10. The van der Waals surface area contributed by atoms with Crippen LogP contribution in [0.25, 0.3) is 0 Å². The van der Waals surface area contributed by atoms with Crippen LogP contribution in [0, 0.1) is 13.8 Å². The summed E-state index contributed by atoms with van der Waals surface area (Å²) in [6.07, 6.45) is 5.59. The Morgan fingerprint density at radius 2 is 1.05 bits per heavy atom. The highest BCUT2D eigenvalue weighted by Crippen LogP contribution is 2.39. The molecule has 2 heterocycles. The molecule has 1 aliphatic rings. The van der Waals surface area contributed by atoms with Gasteiger partial charge in [0.25, 0.3) is 0 Å². The SMILES string of the molecule is Cc1ccccc1CC(=O)Cc1ccc([C@H]2CCC[C@H](c3ccc(CC(=O)Cc4ccccc4C)nn3)C2)nn1. The Bertz CT molecular complexity index is 1350. The second kappa shape index (κ2) is 12.9. The number of carbonyl (C=O) groups is 2. The van der Waals surface area contributed by atoms with Gasteiger partial charge >= 0.3 is 0 Å². The molecule has 204 valence electrons. The molecule has 1 aliphatic carbocycles. The number of ketones is 2. The third kappa shape index (κ3) is 7.12. The Morgan fingerprint density at radius 1 is 0.600 bits per heavy atom. The maximum atomic E-state index is 12.6. The molecule has 6 nitrogen and oxygen atoms in total. The average molecular weight is 533 g/mol. The molecular formula is C34H36N4O2. The number of hydrogen-bond acceptors (Lipinski definition) is 6. The zero-order valence-electron chi connectivity index (χ0n) is 23.3. The molecule has 0 unspecified atom stereocenters. The van der Waals surface area contributed by atoms with E-state index in [1.807, 2.05) is 86.6 Å². The Morgan fingerprint density at radius 3 is 1.45 bits per heavy atom. The molecule has 0 aliphatic heterocycles. The first-order chi connectivity index (χ1) is 19.4. The van der Waals surface area contributed by atoms with Crippen molar-refractivity contribution in [3.05, 3.63) is 118 Å². The largest absolute Gasteiger partial charge is 0.299 e. The summed E-state index contributed by atoms with van der Waals surface area (Å²) in [4.78, 5) is 25.2. The van der Waals surface area contributed by atoms with Crippen molar-refractivity contribution >= 4 is 11.6 Å². The summed E-state index contributed by atoms with van der Waals surface area (Å²) in [7, 11) is 0. The number of Topliss-reactive ketones (excluding diaryl/α,β-unsaturated/α-hetero) is 2. The van der Waals surface area contributed by atoms with Crippen LogP contribution in [0.15, 0.2) is 72.8 Å². The van der Waals surface area contributed by atoms with E-state index in [9.17, 15) is 9.59 Å². The van der Waals surface area contributed by atoms with E-state index in [1.165, 1.54) is 0 Å². The Labute approximate surface area is 236 Å². The molecule has 4 aromatic rings. The molecule has 6 heteroatoms. The lowest BCUT2D eigenvalue weighted by Gasteiger charge is -2.28. The Balaban J connectivity index is 1.15. The maximum Gasteiger partial charge on any atom is 0.143 e. The van der Waals surface area contributed by atoms with Crippen LogP contribution in [-0.4, -0.2) is 32.0 Å². The van der Waals surface area contributed by atoms with E-state index in [0.717, 1.165) is 59.3 Å². The number of nitrogens with zero attached hydrogens (tertiary/aromatic N) is 4. The van der Waals surface area contributed by atoms with Crippen molar-refractivity contribution in [2.75, 3.05) is 0 Å². The van der Waals surface area contributed by atoms with Gasteiger partial charge in [-0.2, -0.15) is 20.4 Å². The molecule has 0 spiro atoms. The molecule has 0 radical (unpaired) electrons. The molecule has 0 bridgehead atoms. The van der Waals surface area contributed by atoms with Crippen LogP contribution < -0.4 is 0 Å². The lowest BCUT2D eigenvalue weighted by Crippen LogP contribution is -2.17. The van der Waals surface area contributed by atoms with Crippen molar-refractivity contribution in [1.29, 1.82) is 0 Å². The van der Waals surface area contributed by atoms with Crippen LogP contribution in [0.1, 0.15) is 82.5 Å². The first kappa shape index (κ1) is 27.5. The molecule has 40 heavy (non-hydrogen) atoms. The molecule has 5 rings (SSSR count). The van der Waals surface area contributed by atoms with Gasteiger partial charge in [-0.25, -0.2) is 0 Å². The highest BCUT2D eigenvalue weighted by atomic mass is 16.1. The Kier molecular flexibility index (Phi) is 8.84. The second-order valence-electron chi connectivity index (χ2n) is 11.1. The third-order valence-electron chi connectivity index (χ3n) is 8.05. The van der Waals surface area contributed by atoms with Gasteiger partial charge in [-0.3, -0.25) is 9.59 Å². The molecule has 0 N–H and O–H groups in total. The Hall–Kier alpha value is -4.06. The fraction of sp³-hybridized carbons (Fsp3) is 0.353. The summed E-state index contributed by atoms with van der Waals surface area (Å²) in [6.45, 7) is 4.06. The molecule has 1 saturated carbocycles. The number of benzene rings is 2. The first-order valence-electron chi connectivity index (χ1n) is 14.2. The zero-order chi connectivity index (χ0) is 27.9. The molecule has 2 aromatic heterocycles. The van der Waals surface area contributed by atoms with Crippen molar-refractivity contribution in [2.45, 2.75) is 77.0 Å². The average Bonchev–Trinajstić information content (AvgIpc) is 2.96. The topological polar surface area (TPSA) is 85.7 Å². The first-order valence-corrected chi connectivity index (χ1v) is 14.2. The lowest BCUT2D eigenvalue weighted by molar-refractivity contribution is -0.118. The smallest absolute Gasteiger partial charge is 0.143 e. The predicted molar refractivity (Wildman–Crippen MR) is 155 cm³/mol. The normalized spacial score (nSPS) is 16.9. The quantitative estimate of drug-likeness (QED) is 0.248. The van der Waals surface area contributed by atoms with E-state index >= 15 is 0 Å². The number of hydrogen-bond donors (Lipinski definition) is 0. The van der Waals surface area contributed by atoms with Gasteiger partial charge in [-0.05, 0) is 79.6 Å². The minimum Gasteiger partial charge on any atom is -0.299 e. The zero-order valence-corrected chi connectivity index (χ0v) is 23.3. The highest BCUT2D eigenvalue weighted by Gasteiger charge is 2.27. The fourth-order valence-corrected chi connectivity index (χ4v) is 5.66. The summed E-state index contributed by atoms with van der Waals surface area (Å²) in [5.41, 5.74) is 7.79. The van der Waals surface area contributed by atoms with E-state index in [1.54, 1.807) is 0 Å². The van der Waals surface area contributed by atoms with E-state index < -0.39 is 0 Å². The number of carbonyl (C=O) groups excluding carboxylic acids is 2. The third-order valence-corrected chi connectivity index (χ3v) is 8.05. The summed E-state index contributed by atoms with van der Waals surface area (Å²) >= 11 is 0. The molecule has 0 saturated heterocycles.